The molecule has 0 bridgehead atoms. The lowest BCUT2D eigenvalue weighted by molar-refractivity contribution is -0.131. The summed E-state index contributed by atoms with van der Waals surface area (Å²) in [6.07, 6.45) is 3.40. The minimum absolute atomic E-state index is 0.135. The number of carbonyl (C=O) groups excluding carboxylic acids is 1. The molecule has 0 unspecified atom stereocenters. The molecular weight excluding hydrogens is 276 g/mol. The second-order valence-corrected chi connectivity index (χ2v) is 6.30. The van der Waals surface area contributed by atoms with Crippen molar-refractivity contribution in [2.24, 2.45) is 0 Å². The first-order valence-corrected chi connectivity index (χ1v) is 7.70. The summed E-state index contributed by atoms with van der Waals surface area (Å²) in [4.78, 5) is 26.1. The van der Waals surface area contributed by atoms with Gasteiger partial charge in [0.1, 0.15) is 4.88 Å². The lowest BCUT2D eigenvalue weighted by Crippen LogP contribution is -2.40. The third kappa shape index (κ3) is 3.80. The number of hydrogen-bond acceptors (Lipinski definition) is 4. The number of carbonyl (C=O) groups is 2. The molecule has 0 spiro atoms. The van der Waals surface area contributed by atoms with Crippen LogP contribution >= 0.6 is 11.3 Å². The average Bonchev–Trinajstić information content (AvgIpc) is 2.81. The summed E-state index contributed by atoms with van der Waals surface area (Å²) >= 11 is 1.27. The van der Waals surface area contributed by atoms with E-state index in [4.69, 9.17) is 5.11 Å². The van der Waals surface area contributed by atoms with Crippen LogP contribution in [0.4, 0.5) is 0 Å². The summed E-state index contributed by atoms with van der Waals surface area (Å²) in [5, 5.41) is 12.1. The highest BCUT2D eigenvalue weighted by Crippen LogP contribution is 2.21. The van der Waals surface area contributed by atoms with E-state index in [1.165, 1.54) is 17.8 Å². The molecule has 1 fully saturated rings. The maximum Gasteiger partial charge on any atom is 0.345 e. The van der Waals surface area contributed by atoms with Crippen LogP contribution in [0.5, 0.6) is 0 Å². The van der Waals surface area contributed by atoms with Crippen molar-refractivity contribution in [2.45, 2.75) is 32.7 Å². The molecule has 110 valence electrons. The molecule has 2 N–H and O–H groups in total. The van der Waals surface area contributed by atoms with Crippen molar-refractivity contribution < 1.29 is 14.7 Å². The Bertz CT molecular complexity index is 493. The Hall–Kier alpha value is -1.40. The van der Waals surface area contributed by atoms with Gasteiger partial charge in [-0.05, 0) is 37.8 Å². The number of rotatable bonds is 5. The van der Waals surface area contributed by atoms with Crippen molar-refractivity contribution in [1.29, 1.82) is 0 Å². The van der Waals surface area contributed by atoms with Gasteiger partial charge in [-0.2, -0.15) is 0 Å². The summed E-state index contributed by atoms with van der Waals surface area (Å²) in [6.45, 7) is 4.48. The third-order valence-electron chi connectivity index (χ3n) is 3.53. The van der Waals surface area contributed by atoms with Crippen molar-refractivity contribution in [2.75, 3.05) is 19.6 Å². The summed E-state index contributed by atoms with van der Waals surface area (Å²) in [5.74, 6) is -0.759. The van der Waals surface area contributed by atoms with Crippen LogP contribution in [-0.4, -0.2) is 41.5 Å². The fourth-order valence-electron chi connectivity index (χ4n) is 2.36. The fraction of sp³-hybridized carbons (Fsp3) is 0.571. The minimum atomic E-state index is -0.895. The number of aryl methyl sites for hydroxylation is 1. The van der Waals surface area contributed by atoms with E-state index >= 15 is 0 Å². The first-order valence-electron chi connectivity index (χ1n) is 6.89. The van der Waals surface area contributed by atoms with Gasteiger partial charge in [-0.25, -0.2) is 4.79 Å². The molecule has 0 atom stereocenters. The number of carboxylic acid groups (broad SMARTS) is 1. The highest BCUT2D eigenvalue weighted by Gasteiger charge is 2.16. The van der Waals surface area contributed by atoms with E-state index in [2.05, 4.69) is 5.32 Å². The molecule has 2 rings (SSSR count). The normalized spacial score (nSPS) is 15.3. The Balaban J connectivity index is 1.80. The molecule has 1 aromatic heterocycles. The number of piperidine rings is 1. The molecule has 0 aliphatic carbocycles. The molecule has 2 heterocycles. The van der Waals surface area contributed by atoms with Crippen LogP contribution in [0.25, 0.3) is 0 Å². The lowest BCUT2D eigenvalue weighted by atomic mass is 10.1. The van der Waals surface area contributed by atoms with Gasteiger partial charge < -0.3 is 15.3 Å². The number of aromatic carboxylic acids is 1. The second-order valence-electron chi connectivity index (χ2n) is 5.04. The number of nitrogens with zero attached hydrogens (tertiary/aromatic N) is 1. The highest BCUT2D eigenvalue weighted by atomic mass is 32.1. The Kier molecular flexibility index (Phi) is 5.14. The summed E-state index contributed by atoms with van der Waals surface area (Å²) < 4.78 is 0. The second kappa shape index (κ2) is 6.85. The molecule has 0 radical (unpaired) electrons. The first kappa shape index (κ1) is 15.0. The van der Waals surface area contributed by atoms with Crippen molar-refractivity contribution >= 4 is 23.2 Å². The monoisotopic (exact) mass is 296 g/mol. The molecule has 20 heavy (non-hydrogen) atoms. The lowest BCUT2D eigenvalue weighted by Gasteiger charge is -2.26. The zero-order chi connectivity index (χ0) is 14.5. The average molecular weight is 296 g/mol. The van der Waals surface area contributed by atoms with Gasteiger partial charge in [-0.1, -0.05) is 0 Å². The number of amides is 1. The zero-order valence-corrected chi connectivity index (χ0v) is 12.5. The number of likely N-dealkylation sites (tertiary alicyclic amines) is 1. The van der Waals surface area contributed by atoms with Gasteiger partial charge in [0.25, 0.3) is 0 Å². The van der Waals surface area contributed by atoms with E-state index in [0.717, 1.165) is 36.4 Å². The summed E-state index contributed by atoms with van der Waals surface area (Å²) in [5.41, 5.74) is 0.957. The topological polar surface area (TPSA) is 69.6 Å². The van der Waals surface area contributed by atoms with E-state index in [1.807, 2.05) is 11.8 Å². The molecule has 1 saturated heterocycles. The third-order valence-corrected chi connectivity index (χ3v) is 4.61. The molecule has 1 aliphatic heterocycles. The van der Waals surface area contributed by atoms with E-state index < -0.39 is 5.97 Å². The van der Waals surface area contributed by atoms with Crippen molar-refractivity contribution in [3.63, 3.8) is 0 Å². The Morgan fingerprint density at radius 2 is 2.05 bits per heavy atom. The molecule has 6 heteroatoms. The molecule has 1 amide bonds. The predicted octanol–water partition coefficient (Wildman–Crippen LogP) is 1.86. The van der Waals surface area contributed by atoms with Gasteiger partial charge in [0.2, 0.25) is 5.91 Å². The van der Waals surface area contributed by atoms with E-state index in [1.54, 1.807) is 6.07 Å². The molecular formula is C14H20N2O3S. The zero-order valence-electron chi connectivity index (χ0n) is 11.6. The fourth-order valence-corrected chi connectivity index (χ4v) is 3.24. The van der Waals surface area contributed by atoms with Gasteiger partial charge >= 0.3 is 5.97 Å². The molecule has 1 aliphatic rings. The number of carboxylic acids is 1. The van der Waals surface area contributed by atoms with Crippen LogP contribution in [0, 0.1) is 6.92 Å². The van der Waals surface area contributed by atoms with Gasteiger partial charge in [0.15, 0.2) is 0 Å². The SMILES string of the molecule is Cc1sc(C(=O)O)cc1CNCC(=O)N1CCCCC1. The quantitative estimate of drug-likeness (QED) is 0.870. The van der Waals surface area contributed by atoms with Gasteiger partial charge in [-0.15, -0.1) is 11.3 Å². The molecule has 1 aromatic rings. The van der Waals surface area contributed by atoms with Crippen LogP contribution in [0.15, 0.2) is 6.07 Å². The first-order chi connectivity index (χ1) is 9.58. The van der Waals surface area contributed by atoms with E-state index in [0.29, 0.717) is 18.0 Å². The van der Waals surface area contributed by atoms with Crippen LogP contribution < -0.4 is 5.32 Å². The Morgan fingerprint density at radius 1 is 1.35 bits per heavy atom. The van der Waals surface area contributed by atoms with Crippen LogP contribution in [0.1, 0.15) is 39.4 Å². The largest absolute Gasteiger partial charge is 0.477 e. The molecule has 5 nitrogen and oxygen atoms in total. The Labute approximate surface area is 122 Å². The standard InChI is InChI=1S/C14H20N2O3S/c1-10-11(7-12(20-10)14(18)19)8-15-9-13(17)16-5-3-2-4-6-16/h7,15H,2-6,8-9H2,1H3,(H,18,19). The van der Waals surface area contributed by atoms with Crippen LogP contribution in [0.2, 0.25) is 0 Å². The molecule has 0 saturated carbocycles. The number of hydrogen-bond donors (Lipinski definition) is 2. The van der Waals surface area contributed by atoms with Crippen molar-refractivity contribution in [3.8, 4) is 0 Å². The van der Waals surface area contributed by atoms with E-state index in [9.17, 15) is 9.59 Å². The van der Waals surface area contributed by atoms with E-state index in [-0.39, 0.29) is 5.91 Å². The number of thiophene rings is 1. The van der Waals surface area contributed by atoms with Crippen molar-refractivity contribution in [1.82, 2.24) is 10.2 Å². The van der Waals surface area contributed by atoms with Gasteiger partial charge in [-0.3, -0.25) is 4.79 Å². The smallest absolute Gasteiger partial charge is 0.345 e. The minimum Gasteiger partial charge on any atom is -0.477 e. The predicted molar refractivity (Wildman–Crippen MR) is 78.2 cm³/mol. The maximum atomic E-state index is 12.0. The number of nitrogens with one attached hydrogen (secondary N) is 1. The van der Waals surface area contributed by atoms with Gasteiger partial charge in [0, 0.05) is 24.5 Å². The summed E-state index contributed by atoms with van der Waals surface area (Å²) in [6, 6.07) is 1.68. The van der Waals surface area contributed by atoms with Crippen LogP contribution in [0.3, 0.4) is 0 Å². The highest BCUT2D eigenvalue weighted by molar-refractivity contribution is 7.14. The van der Waals surface area contributed by atoms with Crippen molar-refractivity contribution in [3.05, 3.63) is 21.4 Å². The van der Waals surface area contributed by atoms with Crippen LogP contribution in [-0.2, 0) is 11.3 Å². The maximum absolute atomic E-state index is 12.0. The summed E-state index contributed by atoms with van der Waals surface area (Å²) in [7, 11) is 0. The molecule has 0 aromatic carbocycles. The Morgan fingerprint density at radius 3 is 2.65 bits per heavy atom. The van der Waals surface area contributed by atoms with Gasteiger partial charge in [0.05, 0.1) is 6.54 Å².